The Labute approximate surface area is 486 Å². The van der Waals surface area contributed by atoms with E-state index in [4.69, 9.17) is 45.3 Å². The number of aromatic nitrogens is 4. The zero-order valence-electron chi connectivity index (χ0n) is 48.2. The third-order valence-corrected chi connectivity index (χ3v) is 20.3. The predicted molar refractivity (Wildman–Crippen MR) is 316 cm³/mol. The van der Waals surface area contributed by atoms with Gasteiger partial charge in [0.25, 0.3) is 11.1 Å². The van der Waals surface area contributed by atoms with E-state index < -0.39 is 45.4 Å². The summed E-state index contributed by atoms with van der Waals surface area (Å²) in [5.74, 6) is -0.837. The first-order valence-electron chi connectivity index (χ1n) is 28.3. The van der Waals surface area contributed by atoms with Crippen molar-refractivity contribution in [3.63, 3.8) is 0 Å². The van der Waals surface area contributed by atoms with Crippen molar-refractivity contribution in [1.82, 2.24) is 28.9 Å². The standard InChI is InChI=1S/C30H35N3O7Si.C25H28N2O5Si.C5H8ClNO2/c1-5-30(37)23-15-25-26-21(16-33(25)27(34)22(23)17-39-28(30)35)19(8-13-41(2,3)4)20-14-18(6-7-24(20)31-26)40-29(36)32-9-11-38-12-10-32;1-5-25(31)19-11-21-22-17(12-27(21)23(29)18(19)13-32-24(25)30)15(8-9-33(2,3)4)16-10-14(28)6-7-20(16)26-22;6-5(8)7-1-3-9-4-2-7/h6-7,14-15,37H,5,8-13,16-17H2,1-4H3;6-7,10-11,28,31H,5,8-9,12-13H2,1-4H3;1-4H2/t30-;25-;/m00./s1. The second kappa shape index (κ2) is 23.0. The summed E-state index contributed by atoms with van der Waals surface area (Å²) in [5, 5.41) is 33.9. The molecule has 2 aromatic carbocycles. The van der Waals surface area contributed by atoms with Crippen molar-refractivity contribution in [3.05, 3.63) is 114 Å². The number of fused-ring (bicyclic) bond motifs is 10. The van der Waals surface area contributed by atoms with Gasteiger partial charge in [-0.15, -0.1) is 0 Å². The summed E-state index contributed by atoms with van der Waals surface area (Å²) in [6.07, 6.45) is 1.42. The smallest absolute Gasteiger partial charge is 0.415 e. The molecule has 23 heteroatoms. The van der Waals surface area contributed by atoms with Crippen LogP contribution in [0.4, 0.5) is 9.59 Å². The molecule has 0 aliphatic carbocycles. The van der Waals surface area contributed by atoms with Gasteiger partial charge in [0.1, 0.15) is 24.7 Å². The van der Waals surface area contributed by atoms with Crippen LogP contribution in [0.2, 0.25) is 51.4 Å². The van der Waals surface area contributed by atoms with Crippen molar-refractivity contribution in [2.45, 2.75) is 128 Å². The molecule has 0 saturated carbocycles. The number of benzene rings is 2. The quantitative estimate of drug-likeness (QED) is 0.0534. The van der Waals surface area contributed by atoms with Crippen LogP contribution in [-0.4, -0.2) is 136 Å². The van der Waals surface area contributed by atoms with Crippen LogP contribution < -0.4 is 15.9 Å². The van der Waals surface area contributed by atoms with Crippen molar-refractivity contribution in [3.8, 4) is 34.3 Å². The molecule has 2 saturated heterocycles. The number of morpholine rings is 2. The molecule has 4 aromatic heterocycles. The average Bonchev–Trinajstić information content (AvgIpc) is 2.26. The molecular weight excluding hydrogens is 1120 g/mol. The number of amides is 2. The van der Waals surface area contributed by atoms with Crippen molar-refractivity contribution in [1.29, 1.82) is 0 Å². The number of halogens is 1. The molecule has 0 unspecified atom stereocenters. The molecule has 0 radical (unpaired) electrons. The van der Waals surface area contributed by atoms with Crippen LogP contribution in [0.5, 0.6) is 11.5 Å². The van der Waals surface area contributed by atoms with Crippen molar-refractivity contribution in [2.75, 3.05) is 52.6 Å². The topological polar surface area (TPSA) is 251 Å². The maximum atomic E-state index is 13.7. The number of aryl methyl sites for hydroxylation is 2. The van der Waals surface area contributed by atoms with Gasteiger partial charge in [-0.05, 0) is 96.9 Å². The van der Waals surface area contributed by atoms with Crippen molar-refractivity contribution >= 4 is 73.0 Å². The molecule has 10 heterocycles. The summed E-state index contributed by atoms with van der Waals surface area (Å²) in [6, 6.07) is 16.2. The van der Waals surface area contributed by atoms with Crippen LogP contribution in [0.1, 0.15) is 71.2 Å². The van der Waals surface area contributed by atoms with Crippen LogP contribution in [0.3, 0.4) is 0 Å². The molecule has 3 N–H and O–H groups in total. The fourth-order valence-corrected chi connectivity index (χ4v) is 13.7. The summed E-state index contributed by atoms with van der Waals surface area (Å²) in [6.45, 7) is 22.1. The summed E-state index contributed by atoms with van der Waals surface area (Å²) < 4.78 is 29.8. The molecule has 0 bridgehead atoms. The number of carbonyl (C=O) groups excluding carboxylic acids is 4. The average molecular weight is 1190 g/mol. The fraction of sp³-hybridized carbons (Fsp3) is 0.467. The number of esters is 2. The Kier molecular flexibility index (Phi) is 16.4. The number of hydrogen-bond acceptors (Lipinski definition) is 16. The Morgan fingerprint density at radius 2 is 1.06 bits per heavy atom. The number of rotatable bonds is 9. The minimum atomic E-state index is -1.87. The Morgan fingerprint density at radius 3 is 1.48 bits per heavy atom. The lowest BCUT2D eigenvalue weighted by Crippen LogP contribution is -2.44. The van der Waals surface area contributed by atoms with Gasteiger partial charge in [-0.3, -0.25) is 14.4 Å². The third-order valence-electron chi connectivity index (χ3n) is 16.6. The molecule has 0 spiro atoms. The van der Waals surface area contributed by atoms with Crippen LogP contribution in [0, 0.1) is 0 Å². The monoisotopic (exact) mass is 1190 g/mol. The molecule has 6 aliphatic rings. The highest BCUT2D eigenvalue weighted by Gasteiger charge is 2.47. The van der Waals surface area contributed by atoms with Gasteiger partial charge in [-0.25, -0.2) is 24.4 Å². The lowest BCUT2D eigenvalue weighted by molar-refractivity contribution is -0.172. The minimum Gasteiger partial charge on any atom is -0.508 e. The van der Waals surface area contributed by atoms with E-state index >= 15 is 0 Å². The normalized spacial score (nSPS) is 19.7. The second-order valence-electron chi connectivity index (χ2n) is 24.4. The number of phenols is 1. The van der Waals surface area contributed by atoms with Gasteiger partial charge in [0.05, 0.1) is 84.5 Å². The number of cyclic esters (lactones) is 2. The van der Waals surface area contributed by atoms with Gasteiger partial charge in [0.15, 0.2) is 11.2 Å². The first-order chi connectivity index (χ1) is 39.3. The molecule has 2 atom stereocenters. The summed E-state index contributed by atoms with van der Waals surface area (Å²) in [4.78, 5) is 88.4. The number of ether oxygens (including phenoxy) is 5. The Hall–Kier alpha value is -6.80. The van der Waals surface area contributed by atoms with Crippen LogP contribution in [0.25, 0.3) is 44.6 Å². The lowest BCUT2D eigenvalue weighted by atomic mass is 9.86. The molecule has 83 heavy (non-hydrogen) atoms. The van der Waals surface area contributed by atoms with Gasteiger partial charge in [-0.2, -0.15) is 0 Å². The van der Waals surface area contributed by atoms with E-state index in [9.17, 15) is 44.1 Å². The van der Waals surface area contributed by atoms with Crippen LogP contribution in [-0.2, 0) is 78.9 Å². The third kappa shape index (κ3) is 11.5. The van der Waals surface area contributed by atoms with Gasteiger partial charge >= 0.3 is 23.4 Å². The molecule has 440 valence electrons. The Balaban J connectivity index is 0.000000164. The van der Waals surface area contributed by atoms with E-state index in [1.807, 2.05) is 12.1 Å². The van der Waals surface area contributed by atoms with Crippen LogP contribution >= 0.6 is 11.6 Å². The molecule has 12 rings (SSSR count). The summed E-state index contributed by atoms with van der Waals surface area (Å²) in [7, 11) is -2.80. The molecular formula is C60H71ClN6O14Si2. The molecule has 20 nitrogen and oxygen atoms in total. The molecule has 2 fully saturated rings. The fourth-order valence-electron chi connectivity index (χ4n) is 11.6. The van der Waals surface area contributed by atoms with Crippen LogP contribution in [0.15, 0.2) is 58.1 Å². The number of pyridine rings is 4. The largest absolute Gasteiger partial charge is 0.508 e. The Bertz CT molecular complexity index is 3750. The number of carbonyl (C=O) groups is 4. The lowest BCUT2D eigenvalue weighted by Gasteiger charge is -2.31. The second-order valence-corrected chi connectivity index (χ2v) is 35.9. The first-order valence-corrected chi connectivity index (χ1v) is 36.1. The summed E-state index contributed by atoms with van der Waals surface area (Å²) >= 11 is 5.19. The molecule has 6 aliphatic heterocycles. The minimum absolute atomic E-state index is 0.0904. The maximum Gasteiger partial charge on any atom is 0.415 e. The SMILES string of the molecule is CC[C@@]1(O)C(=O)OCc2c1cc1n(c2=O)Cc2c-1nc1ccc(O)cc1c2CC[Si](C)(C)C.CC[C@@]1(O)C(=O)OCc2c1cc1n(c2=O)Cc2c-1nc1ccc(OC(=O)N3CCOCC3)cc1c2CC[Si](C)(C)C.O=C(Cl)N1CCOCC1. The number of hydrogen-bond donors (Lipinski definition) is 3. The van der Waals surface area contributed by atoms with E-state index in [1.165, 1.54) is 0 Å². The Morgan fingerprint density at radius 1 is 0.627 bits per heavy atom. The van der Waals surface area contributed by atoms with E-state index in [0.29, 0.717) is 116 Å². The van der Waals surface area contributed by atoms with Gasteiger partial charge in [-0.1, -0.05) is 65.2 Å². The van der Waals surface area contributed by atoms with Gasteiger partial charge in [0, 0.05) is 75.4 Å². The van der Waals surface area contributed by atoms with Crippen molar-refractivity contribution < 1.29 is 58.2 Å². The molecule has 2 amide bonds. The highest BCUT2D eigenvalue weighted by molar-refractivity contribution is 6.76. The first kappa shape index (κ1) is 59.4. The number of phenolic OH excluding ortho intramolecular Hbond substituents is 1. The van der Waals surface area contributed by atoms with E-state index in [2.05, 4.69) is 39.3 Å². The van der Waals surface area contributed by atoms with Gasteiger partial charge in [0.2, 0.25) is 0 Å². The number of aromatic hydroxyl groups is 1. The van der Waals surface area contributed by atoms with E-state index in [-0.39, 0.29) is 48.3 Å². The van der Waals surface area contributed by atoms with E-state index in [1.54, 1.807) is 69.2 Å². The molecule has 6 aromatic rings. The zero-order chi connectivity index (χ0) is 59.5. The van der Waals surface area contributed by atoms with Gasteiger partial charge < -0.3 is 57.9 Å². The zero-order valence-corrected chi connectivity index (χ0v) is 51.0. The number of aliphatic hydroxyl groups is 2. The predicted octanol–water partition coefficient (Wildman–Crippen LogP) is 8.13. The van der Waals surface area contributed by atoms with Crippen molar-refractivity contribution in [2.24, 2.45) is 0 Å². The summed E-state index contributed by atoms with van der Waals surface area (Å²) in [5.41, 5.74) is 5.15. The highest BCUT2D eigenvalue weighted by atomic mass is 35.5. The van der Waals surface area contributed by atoms with E-state index in [0.717, 1.165) is 69.0 Å². The maximum absolute atomic E-state index is 13.7. The number of nitrogens with zero attached hydrogens (tertiary/aromatic N) is 6. The highest BCUT2D eigenvalue weighted by Crippen LogP contribution is 2.44.